The Kier molecular flexibility index (Phi) is 5.13. The van der Waals surface area contributed by atoms with E-state index in [-0.39, 0.29) is 5.91 Å². The van der Waals surface area contributed by atoms with E-state index in [0.717, 1.165) is 18.8 Å². The van der Waals surface area contributed by atoms with E-state index >= 15 is 0 Å². The smallest absolute Gasteiger partial charge is 0.282 e. The van der Waals surface area contributed by atoms with Crippen molar-refractivity contribution < 1.29 is 4.79 Å². The predicted molar refractivity (Wildman–Crippen MR) is 77.6 cm³/mol. The van der Waals surface area contributed by atoms with Crippen LogP contribution in [-0.2, 0) is 0 Å². The molecule has 0 aromatic carbocycles. The van der Waals surface area contributed by atoms with Gasteiger partial charge in [-0.05, 0) is 31.6 Å². The molecule has 5 nitrogen and oxygen atoms in total. The molecular formula is C13H22N4OS. The Labute approximate surface area is 118 Å². The molecule has 6 heteroatoms. The first kappa shape index (κ1) is 14.2. The predicted octanol–water partition coefficient (Wildman–Crippen LogP) is 2.67. The second-order valence-corrected chi connectivity index (χ2v) is 6.12. The molecular weight excluding hydrogens is 260 g/mol. The average molecular weight is 282 g/mol. The standard InChI is InChI=1S/C13H22N4OS/c1-3-4-9-5-7-10(8-6-9)15-11(18)12-16-17-13(14-2)19-12/h9-10H,3-8H2,1-2H3,(H,14,17)(H,15,18). The van der Waals surface area contributed by atoms with Crippen LogP contribution in [0.2, 0.25) is 0 Å². The second-order valence-electron chi connectivity index (χ2n) is 5.14. The third-order valence-corrected chi connectivity index (χ3v) is 4.65. The van der Waals surface area contributed by atoms with Crippen molar-refractivity contribution in [1.29, 1.82) is 0 Å². The summed E-state index contributed by atoms with van der Waals surface area (Å²) in [6.45, 7) is 2.24. The molecule has 1 saturated carbocycles. The lowest BCUT2D eigenvalue weighted by Crippen LogP contribution is -2.37. The van der Waals surface area contributed by atoms with Crippen LogP contribution in [-0.4, -0.2) is 29.2 Å². The van der Waals surface area contributed by atoms with E-state index in [0.29, 0.717) is 16.2 Å². The summed E-state index contributed by atoms with van der Waals surface area (Å²) in [6, 6.07) is 0.308. The van der Waals surface area contributed by atoms with E-state index in [2.05, 4.69) is 27.8 Å². The van der Waals surface area contributed by atoms with Crippen LogP contribution >= 0.6 is 11.3 Å². The molecule has 0 atom stereocenters. The van der Waals surface area contributed by atoms with Crippen molar-refractivity contribution in [3.63, 3.8) is 0 Å². The molecule has 1 amide bonds. The molecule has 2 rings (SSSR count). The van der Waals surface area contributed by atoms with Gasteiger partial charge in [-0.2, -0.15) is 0 Å². The maximum Gasteiger partial charge on any atom is 0.282 e. The maximum atomic E-state index is 12.0. The second kappa shape index (κ2) is 6.84. The number of hydrogen-bond acceptors (Lipinski definition) is 5. The van der Waals surface area contributed by atoms with Crippen LogP contribution in [0.3, 0.4) is 0 Å². The van der Waals surface area contributed by atoms with E-state index in [4.69, 9.17) is 0 Å². The van der Waals surface area contributed by atoms with Crippen LogP contribution in [0.1, 0.15) is 55.3 Å². The first-order chi connectivity index (χ1) is 9.22. The zero-order valence-electron chi connectivity index (χ0n) is 11.6. The van der Waals surface area contributed by atoms with Gasteiger partial charge in [0.05, 0.1) is 0 Å². The van der Waals surface area contributed by atoms with Crippen molar-refractivity contribution in [3.8, 4) is 0 Å². The van der Waals surface area contributed by atoms with Gasteiger partial charge < -0.3 is 10.6 Å². The summed E-state index contributed by atoms with van der Waals surface area (Å²) in [5, 5.41) is 14.9. The lowest BCUT2D eigenvalue weighted by atomic mass is 9.83. The SMILES string of the molecule is CCCC1CCC(NC(=O)c2nnc(NC)s2)CC1. The number of carbonyl (C=O) groups is 1. The van der Waals surface area contributed by atoms with Crippen molar-refractivity contribution >= 4 is 22.4 Å². The first-order valence-electron chi connectivity index (χ1n) is 7.05. The third kappa shape index (κ3) is 3.89. The molecule has 1 heterocycles. The number of hydrogen-bond donors (Lipinski definition) is 2. The van der Waals surface area contributed by atoms with Crippen LogP contribution < -0.4 is 10.6 Å². The number of aromatic nitrogens is 2. The zero-order valence-corrected chi connectivity index (χ0v) is 12.4. The van der Waals surface area contributed by atoms with Crippen molar-refractivity contribution in [3.05, 3.63) is 5.01 Å². The molecule has 2 N–H and O–H groups in total. The summed E-state index contributed by atoms with van der Waals surface area (Å²) in [6.07, 6.45) is 7.23. The molecule has 1 aromatic heterocycles. The van der Waals surface area contributed by atoms with Crippen molar-refractivity contribution in [1.82, 2.24) is 15.5 Å². The van der Waals surface area contributed by atoms with Gasteiger partial charge in [-0.25, -0.2) is 0 Å². The lowest BCUT2D eigenvalue weighted by Gasteiger charge is -2.28. The highest BCUT2D eigenvalue weighted by Gasteiger charge is 2.23. The highest BCUT2D eigenvalue weighted by atomic mass is 32.1. The molecule has 0 spiro atoms. The summed E-state index contributed by atoms with van der Waals surface area (Å²) in [5.74, 6) is 0.772. The van der Waals surface area contributed by atoms with Crippen molar-refractivity contribution in [2.24, 2.45) is 5.92 Å². The van der Waals surface area contributed by atoms with E-state index in [1.165, 1.54) is 37.0 Å². The largest absolute Gasteiger partial charge is 0.363 e. The lowest BCUT2D eigenvalue weighted by molar-refractivity contribution is 0.0920. The van der Waals surface area contributed by atoms with E-state index in [9.17, 15) is 4.79 Å². The molecule has 1 aliphatic rings. The molecule has 0 unspecified atom stereocenters. The fourth-order valence-corrected chi connectivity index (χ4v) is 3.27. The summed E-state index contributed by atoms with van der Waals surface area (Å²) in [4.78, 5) is 12.0. The van der Waals surface area contributed by atoms with Crippen LogP contribution in [0.15, 0.2) is 0 Å². The number of rotatable bonds is 5. The number of amides is 1. The Hall–Kier alpha value is -1.17. The molecule has 0 radical (unpaired) electrons. The molecule has 106 valence electrons. The molecule has 1 aromatic rings. The highest BCUT2D eigenvalue weighted by molar-refractivity contribution is 7.17. The fraction of sp³-hybridized carbons (Fsp3) is 0.769. The minimum atomic E-state index is -0.0852. The molecule has 0 aliphatic heterocycles. The van der Waals surface area contributed by atoms with Gasteiger partial charge in [-0.3, -0.25) is 4.79 Å². The summed E-state index contributed by atoms with van der Waals surface area (Å²) >= 11 is 1.29. The summed E-state index contributed by atoms with van der Waals surface area (Å²) < 4.78 is 0. The van der Waals surface area contributed by atoms with E-state index in [1.807, 2.05) is 0 Å². The average Bonchev–Trinajstić information content (AvgIpc) is 2.90. The number of carbonyl (C=O) groups excluding carboxylic acids is 1. The van der Waals surface area contributed by atoms with Gasteiger partial charge in [-0.15, -0.1) is 10.2 Å². The van der Waals surface area contributed by atoms with Crippen LogP contribution in [0.5, 0.6) is 0 Å². The summed E-state index contributed by atoms with van der Waals surface area (Å²) in [7, 11) is 1.78. The van der Waals surface area contributed by atoms with Gasteiger partial charge in [0.2, 0.25) is 10.1 Å². The maximum absolute atomic E-state index is 12.0. The monoisotopic (exact) mass is 282 g/mol. The minimum Gasteiger partial charge on any atom is -0.363 e. The van der Waals surface area contributed by atoms with Gasteiger partial charge in [-0.1, -0.05) is 31.1 Å². The number of nitrogens with one attached hydrogen (secondary N) is 2. The van der Waals surface area contributed by atoms with Gasteiger partial charge in [0.15, 0.2) is 0 Å². The molecule has 19 heavy (non-hydrogen) atoms. The van der Waals surface area contributed by atoms with Crippen LogP contribution in [0, 0.1) is 5.92 Å². The van der Waals surface area contributed by atoms with Crippen LogP contribution in [0.4, 0.5) is 5.13 Å². The van der Waals surface area contributed by atoms with Gasteiger partial charge in [0, 0.05) is 13.1 Å². The van der Waals surface area contributed by atoms with Gasteiger partial charge >= 0.3 is 0 Å². The molecule has 0 saturated heterocycles. The fourth-order valence-electron chi connectivity index (χ4n) is 2.67. The Morgan fingerprint density at radius 2 is 2.05 bits per heavy atom. The summed E-state index contributed by atoms with van der Waals surface area (Å²) in [5.41, 5.74) is 0. The van der Waals surface area contributed by atoms with Crippen molar-refractivity contribution in [2.75, 3.05) is 12.4 Å². The first-order valence-corrected chi connectivity index (χ1v) is 7.86. The highest BCUT2D eigenvalue weighted by Crippen LogP contribution is 2.28. The molecule has 0 bridgehead atoms. The van der Waals surface area contributed by atoms with E-state index < -0.39 is 0 Å². The molecule has 1 aliphatic carbocycles. The normalized spacial score (nSPS) is 23.1. The Balaban J connectivity index is 1.80. The van der Waals surface area contributed by atoms with Gasteiger partial charge in [0.1, 0.15) is 0 Å². The van der Waals surface area contributed by atoms with Gasteiger partial charge in [0.25, 0.3) is 5.91 Å². The Bertz CT molecular complexity index is 413. The van der Waals surface area contributed by atoms with Crippen LogP contribution in [0.25, 0.3) is 0 Å². The Morgan fingerprint density at radius 1 is 1.32 bits per heavy atom. The minimum absolute atomic E-state index is 0.0852. The Morgan fingerprint density at radius 3 is 2.63 bits per heavy atom. The quantitative estimate of drug-likeness (QED) is 0.871. The number of nitrogens with zero attached hydrogens (tertiary/aromatic N) is 2. The zero-order chi connectivity index (χ0) is 13.7. The van der Waals surface area contributed by atoms with E-state index in [1.54, 1.807) is 7.05 Å². The van der Waals surface area contributed by atoms with Crippen molar-refractivity contribution in [2.45, 2.75) is 51.5 Å². The third-order valence-electron chi connectivity index (χ3n) is 3.71. The molecule has 1 fully saturated rings. The number of anilines is 1. The topological polar surface area (TPSA) is 66.9 Å².